The fourth-order valence-electron chi connectivity index (χ4n) is 7.56. The molecule has 1 atom stereocenters. The van der Waals surface area contributed by atoms with Gasteiger partial charge in [0.2, 0.25) is 0 Å². The van der Waals surface area contributed by atoms with Crippen molar-refractivity contribution in [2.24, 2.45) is 5.92 Å². The quantitative estimate of drug-likeness (QED) is 0.195. The van der Waals surface area contributed by atoms with E-state index in [9.17, 15) is 27.9 Å². The largest absolute Gasteiger partial charge is 0.522 e. The summed E-state index contributed by atoms with van der Waals surface area (Å²) in [5, 5.41) is 11.8. The van der Waals surface area contributed by atoms with Crippen molar-refractivity contribution in [1.29, 1.82) is 0 Å². The molecule has 1 saturated carbocycles. The van der Waals surface area contributed by atoms with E-state index in [0.717, 1.165) is 36.1 Å². The number of carboxylic acid groups (broad SMARTS) is 1. The number of hydrogen-bond donors (Lipinski definition) is 1. The van der Waals surface area contributed by atoms with Crippen LogP contribution < -0.4 is 10.3 Å². The number of aromatic carboxylic acids is 1. The Hall–Kier alpha value is -3.52. The molecule has 1 aromatic carbocycles. The van der Waals surface area contributed by atoms with Gasteiger partial charge in [-0.05, 0) is 95.6 Å². The number of aromatic nitrogens is 3. The van der Waals surface area contributed by atoms with E-state index < -0.39 is 12.3 Å². The number of hydrogen-bond acceptors (Lipinski definition) is 8. The highest BCUT2D eigenvalue weighted by Crippen LogP contribution is 2.55. The smallest absolute Gasteiger partial charge is 0.491 e. The van der Waals surface area contributed by atoms with Gasteiger partial charge in [-0.15, -0.1) is 24.5 Å². The maximum Gasteiger partial charge on any atom is 0.522 e. The molecule has 49 heavy (non-hydrogen) atoms. The van der Waals surface area contributed by atoms with Crippen LogP contribution in [0.2, 0.25) is 5.02 Å². The van der Waals surface area contributed by atoms with Gasteiger partial charge in [0.25, 0.3) is 5.56 Å². The minimum atomic E-state index is -4.61. The summed E-state index contributed by atoms with van der Waals surface area (Å²) in [4.78, 5) is 37.7. The first kappa shape index (κ1) is 34.0. The summed E-state index contributed by atoms with van der Waals surface area (Å²) in [7, 11) is 0. The van der Waals surface area contributed by atoms with E-state index in [2.05, 4.69) is 14.6 Å². The average Bonchev–Trinajstić information content (AvgIpc) is 3.69. The lowest BCUT2D eigenvalue weighted by molar-refractivity contribution is -0.329. The van der Waals surface area contributed by atoms with Gasteiger partial charge in [-0.3, -0.25) is 24.0 Å². The standard InChI is InChI=1S/C35H36ClF3N4O5S/c1-19-13-25(30-29(40-19)27(18-49-30)33(45)46)24-14-22(36)3-4-28(24)47-12-11-43-20(2)41-31-26(32(43)44)15-23(16-34(31)7-8-34)42-9-5-21(6-10-42)17-48-35(37,38)39/h3-4,13-14,18,21,23H,5-12,15-17H2,1-2H3,(H,45,46)/t23-/m0/s1. The number of carbonyl (C=O) groups is 1. The van der Waals surface area contributed by atoms with E-state index in [0.29, 0.717) is 70.4 Å². The van der Waals surface area contributed by atoms with Gasteiger partial charge < -0.3 is 9.84 Å². The van der Waals surface area contributed by atoms with Crippen LogP contribution in [0, 0.1) is 19.8 Å². The van der Waals surface area contributed by atoms with Crippen molar-refractivity contribution in [2.75, 3.05) is 26.3 Å². The highest BCUT2D eigenvalue weighted by atomic mass is 35.5. The minimum absolute atomic E-state index is 0.0712. The number of benzene rings is 1. The van der Waals surface area contributed by atoms with Gasteiger partial charge >= 0.3 is 12.3 Å². The van der Waals surface area contributed by atoms with Crippen LogP contribution >= 0.6 is 22.9 Å². The molecule has 3 aliphatic rings. The number of carboxylic acids is 1. The Morgan fingerprint density at radius 1 is 1.14 bits per heavy atom. The van der Waals surface area contributed by atoms with Crippen LogP contribution in [0.15, 0.2) is 34.4 Å². The van der Waals surface area contributed by atoms with Crippen LogP contribution in [0.25, 0.3) is 21.3 Å². The lowest BCUT2D eigenvalue weighted by atomic mass is 9.79. The van der Waals surface area contributed by atoms with E-state index in [-0.39, 0.29) is 48.3 Å². The minimum Gasteiger partial charge on any atom is -0.491 e. The Bertz CT molecular complexity index is 1980. The Labute approximate surface area is 289 Å². The number of halogens is 4. The van der Waals surface area contributed by atoms with Crippen molar-refractivity contribution < 1.29 is 32.5 Å². The molecule has 0 amide bonds. The van der Waals surface area contributed by atoms with Crippen molar-refractivity contribution in [1.82, 2.24) is 19.4 Å². The number of piperidine rings is 1. The summed E-state index contributed by atoms with van der Waals surface area (Å²) < 4.78 is 50.5. The molecule has 2 fully saturated rings. The molecule has 1 spiro atoms. The predicted molar refractivity (Wildman–Crippen MR) is 180 cm³/mol. The Kier molecular flexibility index (Phi) is 9.00. The maximum absolute atomic E-state index is 14.1. The van der Waals surface area contributed by atoms with Crippen LogP contribution in [0.1, 0.15) is 65.2 Å². The van der Waals surface area contributed by atoms with E-state index >= 15 is 0 Å². The van der Waals surface area contributed by atoms with Gasteiger partial charge in [0, 0.05) is 44.2 Å². The van der Waals surface area contributed by atoms with Crippen LogP contribution in [0.3, 0.4) is 0 Å². The van der Waals surface area contributed by atoms with Crippen LogP contribution in [-0.4, -0.2) is 69.2 Å². The summed E-state index contributed by atoms with van der Waals surface area (Å²) in [6.45, 7) is 5.14. The molecule has 0 bridgehead atoms. The predicted octanol–water partition coefficient (Wildman–Crippen LogP) is 7.16. The summed E-state index contributed by atoms with van der Waals surface area (Å²) in [5.74, 6) is -0.00682. The molecule has 0 radical (unpaired) electrons. The summed E-state index contributed by atoms with van der Waals surface area (Å²) in [5.41, 5.74) is 4.12. The van der Waals surface area contributed by atoms with Crippen molar-refractivity contribution in [2.45, 2.75) is 76.7 Å². The van der Waals surface area contributed by atoms with Gasteiger partial charge in [0.15, 0.2) is 0 Å². The molecule has 4 heterocycles. The zero-order chi connectivity index (χ0) is 34.7. The van der Waals surface area contributed by atoms with Gasteiger partial charge in [0.05, 0.1) is 34.6 Å². The zero-order valence-corrected chi connectivity index (χ0v) is 28.7. The highest BCUT2D eigenvalue weighted by Gasteiger charge is 2.53. The first-order chi connectivity index (χ1) is 23.3. The first-order valence-corrected chi connectivity index (χ1v) is 17.7. The molecule has 260 valence electrons. The summed E-state index contributed by atoms with van der Waals surface area (Å²) in [6.07, 6.45) is 0.0670. The van der Waals surface area contributed by atoms with Gasteiger partial charge in [-0.1, -0.05) is 11.6 Å². The molecule has 2 aliphatic carbocycles. The number of thiophene rings is 1. The van der Waals surface area contributed by atoms with Gasteiger partial charge in [0.1, 0.15) is 18.2 Å². The lowest BCUT2D eigenvalue weighted by Crippen LogP contribution is -2.49. The van der Waals surface area contributed by atoms with E-state index in [1.165, 1.54) is 11.3 Å². The van der Waals surface area contributed by atoms with Crippen LogP contribution in [0.4, 0.5) is 13.2 Å². The first-order valence-electron chi connectivity index (χ1n) is 16.4. The van der Waals surface area contributed by atoms with Gasteiger partial charge in [-0.25, -0.2) is 9.78 Å². The van der Waals surface area contributed by atoms with Crippen molar-refractivity contribution in [3.8, 4) is 16.9 Å². The normalized spacial score (nSPS) is 19.3. The number of pyridine rings is 1. The number of alkyl halides is 3. The third kappa shape index (κ3) is 6.82. The van der Waals surface area contributed by atoms with E-state index in [1.807, 2.05) is 19.9 Å². The number of fused-ring (bicyclic) bond motifs is 3. The Morgan fingerprint density at radius 2 is 1.90 bits per heavy atom. The molecule has 1 saturated heterocycles. The molecule has 3 aromatic heterocycles. The van der Waals surface area contributed by atoms with E-state index in [4.69, 9.17) is 21.3 Å². The van der Waals surface area contributed by atoms with Crippen LogP contribution in [0.5, 0.6) is 5.75 Å². The molecular weight excluding hydrogens is 681 g/mol. The topological polar surface area (TPSA) is 107 Å². The second-order valence-electron chi connectivity index (χ2n) is 13.5. The molecule has 0 unspecified atom stereocenters. The SMILES string of the molecule is Cc1cc(-c2cc(Cl)ccc2OCCn2c(C)nc3c(c2=O)C[C@H](N2CCC(COC(F)(F)F)CC2)CC32CC2)c2scc(C(=O)O)c2n1. The molecule has 9 nitrogen and oxygen atoms in total. The maximum atomic E-state index is 14.1. The fourth-order valence-corrected chi connectivity index (χ4v) is 8.75. The number of ether oxygens (including phenoxy) is 2. The number of aryl methyl sites for hydroxylation is 2. The second-order valence-corrected chi connectivity index (χ2v) is 14.8. The number of nitrogens with zero attached hydrogens (tertiary/aromatic N) is 4. The third-order valence-electron chi connectivity index (χ3n) is 10.2. The summed E-state index contributed by atoms with van der Waals surface area (Å²) >= 11 is 7.72. The Balaban J connectivity index is 1.09. The molecule has 1 N–H and O–H groups in total. The van der Waals surface area contributed by atoms with Gasteiger partial charge in [-0.2, -0.15) is 0 Å². The van der Waals surface area contributed by atoms with Crippen LogP contribution in [-0.2, 0) is 23.1 Å². The average molecular weight is 717 g/mol. The fraction of sp³-hybridized carbons (Fsp3) is 0.486. The number of rotatable bonds is 9. The molecular formula is C35H36ClF3N4O5S. The van der Waals surface area contributed by atoms with Crippen molar-refractivity contribution >= 4 is 39.1 Å². The number of likely N-dealkylation sites (tertiary alicyclic amines) is 1. The second kappa shape index (κ2) is 13.0. The monoisotopic (exact) mass is 716 g/mol. The van der Waals surface area contributed by atoms with Crippen molar-refractivity contribution in [3.63, 3.8) is 0 Å². The lowest BCUT2D eigenvalue weighted by Gasteiger charge is -2.42. The molecule has 7 rings (SSSR count). The summed E-state index contributed by atoms with van der Waals surface area (Å²) in [6, 6.07) is 7.30. The molecule has 14 heteroatoms. The van der Waals surface area contributed by atoms with E-state index in [1.54, 1.807) is 28.1 Å². The highest BCUT2D eigenvalue weighted by molar-refractivity contribution is 7.18. The molecule has 4 aromatic rings. The molecule has 1 aliphatic heterocycles. The van der Waals surface area contributed by atoms with Crippen molar-refractivity contribution in [3.05, 3.63) is 73.4 Å². The third-order valence-corrected chi connectivity index (χ3v) is 11.4. The zero-order valence-electron chi connectivity index (χ0n) is 27.1. The Morgan fingerprint density at radius 3 is 2.59 bits per heavy atom.